The molecule has 2 saturated heterocycles. The second kappa shape index (κ2) is 3.95. The highest BCUT2D eigenvalue weighted by atomic mass is 16.3. The lowest BCUT2D eigenvalue weighted by Gasteiger charge is -2.51. The number of nitrogens with zero attached hydrogens (tertiary/aromatic N) is 1. The lowest BCUT2D eigenvalue weighted by atomic mass is 9.74. The van der Waals surface area contributed by atoms with Gasteiger partial charge in [0.2, 0.25) is 0 Å². The van der Waals surface area contributed by atoms with Gasteiger partial charge in [-0.25, -0.2) is 0 Å². The number of nitrogens with two attached hydrogens (primary N) is 1. The van der Waals surface area contributed by atoms with Gasteiger partial charge in [-0.2, -0.15) is 0 Å². The van der Waals surface area contributed by atoms with Crippen LogP contribution < -0.4 is 5.73 Å². The van der Waals surface area contributed by atoms with Crippen LogP contribution in [0.1, 0.15) is 25.7 Å². The van der Waals surface area contributed by atoms with E-state index in [2.05, 4.69) is 4.90 Å². The van der Waals surface area contributed by atoms with Gasteiger partial charge in [-0.15, -0.1) is 0 Å². The van der Waals surface area contributed by atoms with Crippen LogP contribution in [0, 0.1) is 5.92 Å². The molecule has 3 rings (SSSR count). The highest BCUT2D eigenvalue weighted by Crippen LogP contribution is 2.38. The molecule has 2 heterocycles. The highest BCUT2D eigenvalue weighted by Gasteiger charge is 2.40. The van der Waals surface area contributed by atoms with E-state index in [-0.39, 0.29) is 6.61 Å². The van der Waals surface area contributed by atoms with Crippen molar-refractivity contribution in [2.45, 2.75) is 37.8 Å². The van der Waals surface area contributed by atoms with E-state index in [1.165, 1.54) is 25.7 Å². The molecular formula is C10H20N2O. The molecule has 1 aliphatic carbocycles. The van der Waals surface area contributed by atoms with E-state index in [1.54, 1.807) is 0 Å². The van der Waals surface area contributed by atoms with Crippen LogP contribution in [0.4, 0.5) is 0 Å². The van der Waals surface area contributed by atoms with Gasteiger partial charge >= 0.3 is 0 Å². The number of aliphatic hydroxyl groups excluding tert-OH is 1. The maximum atomic E-state index is 8.98. The van der Waals surface area contributed by atoms with Crippen molar-refractivity contribution in [3.8, 4) is 0 Å². The van der Waals surface area contributed by atoms with Crippen molar-refractivity contribution in [1.82, 2.24) is 4.90 Å². The summed E-state index contributed by atoms with van der Waals surface area (Å²) < 4.78 is 0. The number of rotatable bonds is 3. The molecule has 0 aromatic rings. The van der Waals surface area contributed by atoms with Crippen molar-refractivity contribution < 1.29 is 5.11 Å². The number of hydrogen-bond acceptors (Lipinski definition) is 3. The first-order valence-corrected chi connectivity index (χ1v) is 5.43. The van der Waals surface area contributed by atoms with Gasteiger partial charge in [0.1, 0.15) is 0 Å². The van der Waals surface area contributed by atoms with Crippen LogP contribution in [0.15, 0.2) is 0 Å². The Kier molecular flexibility index (Phi) is 2.86. The molecule has 0 spiro atoms. The average molecular weight is 184 g/mol. The standard InChI is InChI=1S/C10H20N2O/c11-7-10-8-1-3-9(4-2-8)12(10)5-6-13/h8-10,13H,1-7,11H2. The first-order chi connectivity index (χ1) is 6.36. The van der Waals surface area contributed by atoms with Gasteiger partial charge in [0.15, 0.2) is 0 Å². The van der Waals surface area contributed by atoms with Crippen LogP contribution in [0.3, 0.4) is 0 Å². The van der Waals surface area contributed by atoms with Crippen LogP contribution in [0.2, 0.25) is 0 Å². The Morgan fingerprint density at radius 3 is 2.46 bits per heavy atom. The Hall–Kier alpha value is -0.120. The van der Waals surface area contributed by atoms with Crippen LogP contribution in [0.25, 0.3) is 0 Å². The summed E-state index contributed by atoms with van der Waals surface area (Å²) in [5.74, 6) is 0.807. The molecule has 0 aromatic carbocycles. The Morgan fingerprint density at radius 2 is 1.92 bits per heavy atom. The van der Waals surface area contributed by atoms with Crippen molar-refractivity contribution in [2.24, 2.45) is 11.7 Å². The monoisotopic (exact) mass is 184 g/mol. The predicted octanol–water partition coefficient (Wildman–Crippen LogP) is 0.180. The van der Waals surface area contributed by atoms with Gasteiger partial charge < -0.3 is 10.8 Å². The third-order valence-electron chi connectivity index (χ3n) is 3.78. The van der Waals surface area contributed by atoms with Crippen LogP contribution >= 0.6 is 0 Å². The molecule has 3 fully saturated rings. The van der Waals surface area contributed by atoms with Gasteiger partial charge in [-0.05, 0) is 31.6 Å². The molecule has 0 radical (unpaired) electrons. The second-order valence-electron chi connectivity index (χ2n) is 4.33. The minimum Gasteiger partial charge on any atom is -0.395 e. The van der Waals surface area contributed by atoms with Gasteiger partial charge in [0.25, 0.3) is 0 Å². The Bertz CT molecular complexity index is 166. The molecule has 13 heavy (non-hydrogen) atoms. The maximum Gasteiger partial charge on any atom is 0.0558 e. The molecule has 1 saturated carbocycles. The van der Waals surface area contributed by atoms with Crippen molar-refractivity contribution in [3.05, 3.63) is 0 Å². The van der Waals surface area contributed by atoms with E-state index in [0.29, 0.717) is 12.1 Å². The fourth-order valence-electron chi connectivity index (χ4n) is 3.15. The number of hydrogen-bond donors (Lipinski definition) is 2. The Morgan fingerprint density at radius 1 is 1.23 bits per heavy atom. The number of fused-ring (bicyclic) bond motifs is 3. The molecule has 76 valence electrons. The quantitative estimate of drug-likeness (QED) is 0.658. The average Bonchev–Trinajstić information content (AvgIpc) is 2.20. The summed E-state index contributed by atoms with van der Waals surface area (Å²) in [7, 11) is 0. The smallest absolute Gasteiger partial charge is 0.0558 e. The zero-order valence-electron chi connectivity index (χ0n) is 8.15. The SMILES string of the molecule is NCC1C2CCC(CC2)N1CCO. The molecule has 3 aliphatic rings. The van der Waals surface area contributed by atoms with E-state index < -0.39 is 0 Å². The molecule has 3 heteroatoms. The summed E-state index contributed by atoms with van der Waals surface area (Å²) in [5.41, 5.74) is 5.79. The van der Waals surface area contributed by atoms with E-state index in [9.17, 15) is 0 Å². The summed E-state index contributed by atoms with van der Waals surface area (Å²) in [5, 5.41) is 8.98. The van der Waals surface area contributed by atoms with E-state index in [4.69, 9.17) is 10.8 Å². The molecule has 1 unspecified atom stereocenters. The molecule has 1 atom stereocenters. The predicted molar refractivity (Wildman–Crippen MR) is 52.4 cm³/mol. The molecule has 2 aliphatic heterocycles. The summed E-state index contributed by atoms with van der Waals surface area (Å²) >= 11 is 0. The molecular weight excluding hydrogens is 164 g/mol. The number of aliphatic hydroxyl groups is 1. The Labute approximate surface area is 79.9 Å². The normalized spacial score (nSPS) is 39.7. The topological polar surface area (TPSA) is 49.5 Å². The fraction of sp³-hybridized carbons (Fsp3) is 1.00. The third-order valence-corrected chi connectivity index (χ3v) is 3.78. The minimum atomic E-state index is 0.278. The van der Waals surface area contributed by atoms with E-state index in [1.807, 2.05) is 0 Å². The molecule has 3 N–H and O–H groups in total. The lowest BCUT2D eigenvalue weighted by molar-refractivity contribution is -0.0168. The van der Waals surface area contributed by atoms with Crippen molar-refractivity contribution in [3.63, 3.8) is 0 Å². The Balaban J connectivity index is 2.05. The van der Waals surface area contributed by atoms with Gasteiger partial charge in [0, 0.05) is 25.2 Å². The van der Waals surface area contributed by atoms with Crippen molar-refractivity contribution in [2.75, 3.05) is 19.7 Å². The van der Waals surface area contributed by atoms with E-state index in [0.717, 1.165) is 19.0 Å². The lowest BCUT2D eigenvalue weighted by Crippen LogP contribution is -2.58. The van der Waals surface area contributed by atoms with Gasteiger partial charge in [-0.3, -0.25) is 4.90 Å². The van der Waals surface area contributed by atoms with Gasteiger partial charge in [0.05, 0.1) is 6.61 Å². The zero-order chi connectivity index (χ0) is 9.26. The maximum absolute atomic E-state index is 8.98. The van der Waals surface area contributed by atoms with Gasteiger partial charge in [-0.1, -0.05) is 0 Å². The van der Waals surface area contributed by atoms with Crippen LogP contribution in [-0.2, 0) is 0 Å². The number of piperidine rings is 2. The minimum absolute atomic E-state index is 0.278. The molecule has 3 nitrogen and oxygen atoms in total. The summed E-state index contributed by atoms with van der Waals surface area (Å²) in [4.78, 5) is 2.44. The van der Waals surface area contributed by atoms with Crippen molar-refractivity contribution >= 4 is 0 Å². The third kappa shape index (κ3) is 1.60. The summed E-state index contributed by atoms with van der Waals surface area (Å²) in [6.45, 7) is 1.86. The zero-order valence-corrected chi connectivity index (χ0v) is 8.15. The first kappa shape index (κ1) is 9.44. The summed E-state index contributed by atoms with van der Waals surface area (Å²) in [6.07, 6.45) is 5.35. The first-order valence-electron chi connectivity index (χ1n) is 5.43. The molecule has 0 amide bonds. The second-order valence-corrected chi connectivity index (χ2v) is 4.33. The fourth-order valence-corrected chi connectivity index (χ4v) is 3.15. The van der Waals surface area contributed by atoms with E-state index >= 15 is 0 Å². The highest BCUT2D eigenvalue weighted by molar-refractivity contribution is 4.95. The van der Waals surface area contributed by atoms with Crippen molar-refractivity contribution in [1.29, 1.82) is 0 Å². The summed E-state index contributed by atoms with van der Waals surface area (Å²) in [6, 6.07) is 1.27. The largest absolute Gasteiger partial charge is 0.395 e. The molecule has 2 bridgehead atoms. The van der Waals surface area contributed by atoms with Crippen LogP contribution in [-0.4, -0.2) is 41.8 Å². The molecule has 0 aromatic heterocycles. The van der Waals surface area contributed by atoms with Crippen LogP contribution in [0.5, 0.6) is 0 Å².